The van der Waals surface area contributed by atoms with E-state index in [1.54, 1.807) is 0 Å². The third-order valence-corrected chi connectivity index (χ3v) is 3.97. The summed E-state index contributed by atoms with van der Waals surface area (Å²) >= 11 is 13.0. The van der Waals surface area contributed by atoms with Gasteiger partial charge in [-0.2, -0.15) is 0 Å². The molecule has 0 fully saturated rings. The van der Waals surface area contributed by atoms with Crippen molar-refractivity contribution in [2.24, 2.45) is 5.84 Å². The van der Waals surface area contributed by atoms with Crippen LogP contribution in [0.25, 0.3) is 0 Å². The maximum Gasteiger partial charge on any atom is 0.0501 e. The molecule has 19 heavy (non-hydrogen) atoms. The number of benzene rings is 2. The molecule has 0 aliphatic carbocycles. The topological polar surface area (TPSA) is 38.0 Å². The van der Waals surface area contributed by atoms with E-state index < -0.39 is 0 Å². The third kappa shape index (κ3) is 4.29. The molecule has 2 rings (SSSR count). The van der Waals surface area contributed by atoms with E-state index >= 15 is 0 Å². The molecule has 0 radical (unpaired) electrons. The second-order valence-corrected chi connectivity index (χ2v) is 6.52. The van der Waals surface area contributed by atoms with Crippen LogP contribution in [0.15, 0.2) is 51.4 Å². The second-order valence-electron chi connectivity index (χ2n) is 4.26. The van der Waals surface area contributed by atoms with Crippen LogP contribution in [0, 0.1) is 0 Å². The van der Waals surface area contributed by atoms with Gasteiger partial charge in [-0.25, -0.2) is 0 Å². The molecular formula is C14H13Br2ClN2. The lowest BCUT2D eigenvalue weighted by Crippen LogP contribution is -2.29. The Bertz CT molecular complexity index is 555. The van der Waals surface area contributed by atoms with E-state index in [-0.39, 0.29) is 6.04 Å². The number of nitrogens with one attached hydrogen (secondary N) is 1. The maximum absolute atomic E-state index is 6.00. The van der Waals surface area contributed by atoms with E-state index in [0.717, 1.165) is 31.5 Å². The highest BCUT2D eigenvalue weighted by Crippen LogP contribution is 2.26. The normalized spacial score (nSPS) is 12.4. The molecule has 2 aromatic carbocycles. The molecule has 0 heterocycles. The molecule has 1 unspecified atom stereocenters. The van der Waals surface area contributed by atoms with Crippen molar-refractivity contribution in [2.45, 2.75) is 12.5 Å². The highest BCUT2D eigenvalue weighted by molar-refractivity contribution is 9.11. The first-order chi connectivity index (χ1) is 9.08. The van der Waals surface area contributed by atoms with Gasteiger partial charge in [0.25, 0.3) is 0 Å². The predicted molar refractivity (Wildman–Crippen MR) is 87.1 cm³/mol. The Morgan fingerprint density at radius 1 is 1.11 bits per heavy atom. The van der Waals surface area contributed by atoms with Gasteiger partial charge >= 0.3 is 0 Å². The average molecular weight is 405 g/mol. The van der Waals surface area contributed by atoms with Gasteiger partial charge < -0.3 is 0 Å². The van der Waals surface area contributed by atoms with Crippen LogP contribution < -0.4 is 11.3 Å². The van der Waals surface area contributed by atoms with E-state index in [0.29, 0.717) is 0 Å². The van der Waals surface area contributed by atoms with Crippen molar-refractivity contribution >= 4 is 43.5 Å². The quantitative estimate of drug-likeness (QED) is 0.577. The summed E-state index contributed by atoms with van der Waals surface area (Å²) in [6.45, 7) is 0. The van der Waals surface area contributed by atoms with Gasteiger partial charge in [0, 0.05) is 14.0 Å². The number of hydrogen-bond donors (Lipinski definition) is 2. The van der Waals surface area contributed by atoms with Crippen LogP contribution in [-0.4, -0.2) is 0 Å². The average Bonchev–Trinajstić information content (AvgIpc) is 2.34. The molecule has 2 aromatic rings. The molecule has 0 bridgehead atoms. The molecule has 0 saturated carbocycles. The summed E-state index contributed by atoms with van der Waals surface area (Å²) in [6.07, 6.45) is 0.778. The van der Waals surface area contributed by atoms with Crippen LogP contribution in [-0.2, 0) is 6.42 Å². The Morgan fingerprint density at radius 3 is 2.37 bits per heavy atom. The third-order valence-electron chi connectivity index (χ3n) is 2.82. The fourth-order valence-corrected chi connectivity index (χ4v) is 3.49. The number of halogens is 3. The summed E-state index contributed by atoms with van der Waals surface area (Å²) in [5.74, 6) is 5.68. The first-order valence-corrected chi connectivity index (χ1v) is 7.71. The largest absolute Gasteiger partial charge is 0.271 e. The summed E-state index contributed by atoms with van der Waals surface area (Å²) < 4.78 is 2.03. The van der Waals surface area contributed by atoms with Crippen LogP contribution in [0.2, 0.25) is 5.02 Å². The SMILES string of the molecule is NNC(Cc1cccc(Cl)c1)c1cc(Br)cc(Br)c1. The Balaban J connectivity index is 2.24. The number of hydrogen-bond acceptors (Lipinski definition) is 2. The first kappa shape index (κ1) is 15.0. The van der Waals surface area contributed by atoms with Gasteiger partial charge in [-0.15, -0.1) is 0 Å². The van der Waals surface area contributed by atoms with Gasteiger partial charge in [-0.1, -0.05) is 55.6 Å². The Kier molecular flexibility index (Phi) is 5.42. The minimum Gasteiger partial charge on any atom is -0.271 e. The lowest BCUT2D eigenvalue weighted by molar-refractivity contribution is 0.551. The lowest BCUT2D eigenvalue weighted by Gasteiger charge is -2.17. The zero-order valence-electron chi connectivity index (χ0n) is 10.0. The van der Waals surface area contributed by atoms with Gasteiger partial charge in [0.1, 0.15) is 0 Å². The zero-order valence-corrected chi connectivity index (χ0v) is 14.0. The van der Waals surface area contributed by atoms with E-state index in [9.17, 15) is 0 Å². The Hall–Kier alpha value is -0.390. The minimum atomic E-state index is 0.0345. The van der Waals surface area contributed by atoms with Gasteiger partial charge in [0.15, 0.2) is 0 Å². The van der Waals surface area contributed by atoms with Gasteiger partial charge in [-0.3, -0.25) is 11.3 Å². The zero-order chi connectivity index (χ0) is 13.8. The molecule has 100 valence electrons. The molecule has 5 heteroatoms. The van der Waals surface area contributed by atoms with Crippen molar-refractivity contribution in [3.63, 3.8) is 0 Å². The molecule has 0 spiro atoms. The van der Waals surface area contributed by atoms with Crippen LogP contribution in [0.4, 0.5) is 0 Å². The summed E-state index contributed by atoms with van der Waals surface area (Å²) in [5, 5.41) is 0.740. The molecule has 0 aliphatic heterocycles. The molecule has 0 aromatic heterocycles. The lowest BCUT2D eigenvalue weighted by atomic mass is 9.99. The van der Waals surface area contributed by atoms with Crippen molar-refractivity contribution in [1.29, 1.82) is 0 Å². The predicted octanol–water partition coefficient (Wildman–Crippen LogP) is 4.61. The number of rotatable bonds is 4. The van der Waals surface area contributed by atoms with Crippen molar-refractivity contribution in [3.8, 4) is 0 Å². The van der Waals surface area contributed by atoms with Crippen LogP contribution >= 0.6 is 43.5 Å². The van der Waals surface area contributed by atoms with Crippen LogP contribution in [0.1, 0.15) is 17.2 Å². The van der Waals surface area contributed by atoms with E-state index in [1.165, 1.54) is 0 Å². The highest BCUT2D eigenvalue weighted by Gasteiger charge is 2.12. The minimum absolute atomic E-state index is 0.0345. The standard InChI is InChI=1S/C14H13Br2ClN2/c15-11-6-10(7-12(16)8-11)14(19-18)5-9-2-1-3-13(17)4-9/h1-4,6-8,14,19H,5,18H2. The Morgan fingerprint density at radius 2 is 1.79 bits per heavy atom. The van der Waals surface area contributed by atoms with E-state index in [1.807, 2.05) is 30.3 Å². The number of nitrogens with two attached hydrogens (primary N) is 1. The molecule has 0 saturated heterocycles. The van der Waals surface area contributed by atoms with Crippen molar-refractivity contribution < 1.29 is 0 Å². The Labute approximate surface area is 134 Å². The summed E-state index contributed by atoms with van der Waals surface area (Å²) in [5.41, 5.74) is 5.12. The fraction of sp³-hybridized carbons (Fsp3) is 0.143. The van der Waals surface area contributed by atoms with Gasteiger partial charge in [0.05, 0.1) is 6.04 Å². The maximum atomic E-state index is 6.00. The molecule has 0 amide bonds. The van der Waals surface area contributed by atoms with Crippen LogP contribution in [0.5, 0.6) is 0 Å². The summed E-state index contributed by atoms with van der Waals surface area (Å²) in [6, 6.07) is 14.0. The summed E-state index contributed by atoms with van der Waals surface area (Å²) in [4.78, 5) is 0. The molecule has 3 N–H and O–H groups in total. The number of hydrazine groups is 1. The van der Waals surface area contributed by atoms with E-state index in [4.69, 9.17) is 17.4 Å². The molecule has 0 aliphatic rings. The first-order valence-electron chi connectivity index (χ1n) is 5.75. The van der Waals surface area contributed by atoms with Crippen molar-refractivity contribution in [2.75, 3.05) is 0 Å². The van der Waals surface area contributed by atoms with Gasteiger partial charge in [0.2, 0.25) is 0 Å². The van der Waals surface area contributed by atoms with Crippen molar-refractivity contribution in [3.05, 3.63) is 67.6 Å². The van der Waals surface area contributed by atoms with Crippen LogP contribution in [0.3, 0.4) is 0 Å². The second kappa shape index (κ2) is 6.86. The molecular weight excluding hydrogens is 391 g/mol. The van der Waals surface area contributed by atoms with Gasteiger partial charge in [-0.05, 0) is 47.9 Å². The molecule has 1 atom stereocenters. The van der Waals surface area contributed by atoms with Crippen molar-refractivity contribution in [1.82, 2.24) is 5.43 Å². The smallest absolute Gasteiger partial charge is 0.0501 e. The molecule has 2 nitrogen and oxygen atoms in total. The monoisotopic (exact) mass is 402 g/mol. The fourth-order valence-electron chi connectivity index (χ4n) is 1.95. The summed E-state index contributed by atoms with van der Waals surface area (Å²) in [7, 11) is 0. The van der Waals surface area contributed by atoms with E-state index in [2.05, 4.69) is 49.4 Å². The highest BCUT2D eigenvalue weighted by atomic mass is 79.9.